The van der Waals surface area contributed by atoms with Gasteiger partial charge in [0.05, 0.1) is 13.2 Å². The third kappa shape index (κ3) is 11.6. The Labute approximate surface area is 123 Å². The highest BCUT2D eigenvalue weighted by atomic mass is 28.3. The highest BCUT2D eigenvalue weighted by molar-refractivity contribution is 6.55. The molecule has 0 fully saturated rings. The van der Waals surface area contributed by atoms with E-state index in [2.05, 4.69) is 27.7 Å². The zero-order valence-electron chi connectivity index (χ0n) is 13.9. The third-order valence-corrected chi connectivity index (χ3v) is 6.44. The summed E-state index contributed by atoms with van der Waals surface area (Å²) in [6, 6.07) is 1.28. The van der Waals surface area contributed by atoms with Crippen LogP contribution in [0.25, 0.3) is 0 Å². The first kappa shape index (κ1) is 19.1. The largest absolute Gasteiger partial charge is 0.414 e. The molecule has 2 nitrogen and oxygen atoms in total. The lowest BCUT2D eigenvalue weighted by Gasteiger charge is -2.28. The highest BCUT2D eigenvalue weighted by Gasteiger charge is 2.28. The fourth-order valence-corrected chi connectivity index (χ4v) is 4.38. The van der Waals surface area contributed by atoms with Gasteiger partial charge in [0, 0.05) is 7.11 Å². The molecule has 0 amide bonds. The molecule has 0 saturated carbocycles. The molecule has 19 heavy (non-hydrogen) atoms. The Morgan fingerprint density at radius 2 is 1.42 bits per heavy atom. The minimum Gasteiger partial charge on any atom is -0.414 e. The first-order valence-corrected chi connectivity index (χ1v) is 9.62. The van der Waals surface area contributed by atoms with Crippen LogP contribution in [-0.2, 0) is 9.16 Å². The second kappa shape index (κ2) is 11.9. The molecule has 0 aromatic heterocycles. The van der Waals surface area contributed by atoms with Gasteiger partial charge in [-0.3, -0.25) is 0 Å². The van der Waals surface area contributed by atoms with Crippen molar-refractivity contribution in [3.05, 3.63) is 0 Å². The fraction of sp³-hybridized carbons (Fsp3) is 1.00. The van der Waals surface area contributed by atoms with E-state index in [9.17, 15) is 0 Å². The zero-order chi connectivity index (χ0) is 14.6. The average Bonchev–Trinajstić information content (AvgIpc) is 2.34. The van der Waals surface area contributed by atoms with Gasteiger partial charge >= 0.3 is 0 Å². The smallest absolute Gasteiger partial charge is 0.217 e. The van der Waals surface area contributed by atoms with E-state index in [1.807, 2.05) is 0 Å². The zero-order valence-corrected chi connectivity index (χ0v) is 14.9. The van der Waals surface area contributed by atoms with Crippen molar-refractivity contribution in [2.24, 2.45) is 0 Å². The van der Waals surface area contributed by atoms with E-state index >= 15 is 0 Å². The van der Waals surface area contributed by atoms with E-state index in [0.29, 0.717) is 5.04 Å². The van der Waals surface area contributed by atoms with Crippen LogP contribution in [0.3, 0.4) is 0 Å². The van der Waals surface area contributed by atoms with Crippen molar-refractivity contribution >= 4 is 9.04 Å². The maximum atomic E-state index is 6.07. The lowest BCUT2D eigenvalue weighted by Crippen LogP contribution is -2.30. The SMILES string of the molecule is CCCCCCCCC[Si](OCCOC)C(C)(C)C. The van der Waals surface area contributed by atoms with Crippen LogP contribution in [0.5, 0.6) is 0 Å². The predicted octanol–water partition coefficient (Wildman–Crippen LogP) is 5.19. The maximum absolute atomic E-state index is 6.07. The molecule has 0 saturated heterocycles. The third-order valence-electron chi connectivity index (χ3n) is 3.41. The quantitative estimate of drug-likeness (QED) is 0.363. The Bertz CT molecular complexity index is 190. The van der Waals surface area contributed by atoms with E-state index in [-0.39, 0.29) is 0 Å². The molecular formula is C16H35O2Si. The number of hydrogen-bond donors (Lipinski definition) is 0. The van der Waals surface area contributed by atoms with Crippen molar-refractivity contribution in [2.75, 3.05) is 20.3 Å². The highest BCUT2D eigenvalue weighted by Crippen LogP contribution is 2.31. The summed E-state index contributed by atoms with van der Waals surface area (Å²) in [7, 11) is 1.03. The molecule has 0 aliphatic rings. The minimum absolute atomic E-state index is 0.334. The molecule has 1 radical (unpaired) electrons. The summed E-state index contributed by atoms with van der Waals surface area (Å²) < 4.78 is 11.1. The molecule has 0 N–H and O–H groups in total. The topological polar surface area (TPSA) is 18.5 Å². The fourth-order valence-electron chi connectivity index (χ4n) is 2.15. The molecule has 0 aromatic rings. The van der Waals surface area contributed by atoms with E-state index in [4.69, 9.17) is 9.16 Å². The van der Waals surface area contributed by atoms with Gasteiger partial charge in [0.25, 0.3) is 0 Å². The van der Waals surface area contributed by atoms with Gasteiger partial charge in [-0.15, -0.1) is 0 Å². The molecule has 0 heterocycles. The van der Waals surface area contributed by atoms with E-state index in [1.54, 1.807) is 7.11 Å². The van der Waals surface area contributed by atoms with Gasteiger partial charge < -0.3 is 9.16 Å². The van der Waals surface area contributed by atoms with Gasteiger partial charge in [0.2, 0.25) is 9.04 Å². The Morgan fingerprint density at radius 3 is 1.95 bits per heavy atom. The summed E-state index contributed by atoms with van der Waals surface area (Å²) in [6.07, 6.45) is 9.68. The molecule has 0 unspecified atom stereocenters. The van der Waals surface area contributed by atoms with Gasteiger partial charge in [-0.1, -0.05) is 72.6 Å². The summed E-state index contributed by atoms with van der Waals surface area (Å²) >= 11 is 0. The van der Waals surface area contributed by atoms with E-state index in [0.717, 1.165) is 13.2 Å². The van der Waals surface area contributed by atoms with Gasteiger partial charge in [-0.25, -0.2) is 0 Å². The van der Waals surface area contributed by atoms with Crippen LogP contribution in [0.4, 0.5) is 0 Å². The second-order valence-electron chi connectivity index (χ2n) is 6.39. The molecule has 115 valence electrons. The standard InChI is InChI=1S/C16H35O2Si/c1-6-7-8-9-10-11-12-15-19(16(2,3)4)18-14-13-17-5/h6-15H2,1-5H3. The first-order chi connectivity index (χ1) is 9.02. The molecule has 0 atom stereocenters. The average molecular weight is 288 g/mol. The summed E-state index contributed by atoms with van der Waals surface area (Å²) in [4.78, 5) is 0. The van der Waals surface area contributed by atoms with Crippen LogP contribution < -0.4 is 0 Å². The van der Waals surface area contributed by atoms with Crippen molar-refractivity contribution in [2.45, 2.75) is 83.7 Å². The number of unbranched alkanes of at least 4 members (excludes halogenated alkanes) is 6. The van der Waals surface area contributed by atoms with E-state index in [1.165, 1.54) is 51.0 Å². The minimum atomic E-state index is -0.710. The lowest BCUT2D eigenvalue weighted by atomic mass is 10.1. The molecule has 0 aliphatic carbocycles. The number of ether oxygens (including phenoxy) is 1. The van der Waals surface area contributed by atoms with Crippen LogP contribution >= 0.6 is 0 Å². The summed E-state index contributed by atoms with van der Waals surface area (Å²) in [6.45, 7) is 10.7. The Balaban J connectivity index is 3.69. The van der Waals surface area contributed by atoms with Crippen LogP contribution in [-0.4, -0.2) is 29.4 Å². The Hall–Kier alpha value is 0.137. The Kier molecular flexibility index (Phi) is 12.0. The van der Waals surface area contributed by atoms with Gasteiger partial charge in [0.15, 0.2) is 0 Å². The van der Waals surface area contributed by atoms with Crippen molar-refractivity contribution in [3.8, 4) is 0 Å². The van der Waals surface area contributed by atoms with Crippen LogP contribution in [0.15, 0.2) is 0 Å². The summed E-state index contributed by atoms with van der Waals surface area (Å²) in [5.74, 6) is 0. The lowest BCUT2D eigenvalue weighted by molar-refractivity contribution is 0.142. The van der Waals surface area contributed by atoms with Gasteiger partial charge in [-0.2, -0.15) is 0 Å². The normalized spacial score (nSPS) is 12.3. The monoisotopic (exact) mass is 287 g/mol. The molecule has 3 heteroatoms. The molecule has 0 spiro atoms. The Morgan fingerprint density at radius 1 is 0.842 bits per heavy atom. The number of methoxy groups -OCH3 is 1. The van der Waals surface area contributed by atoms with E-state index < -0.39 is 9.04 Å². The van der Waals surface area contributed by atoms with Gasteiger partial charge in [0.1, 0.15) is 0 Å². The number of hydrogen-bond acceptors (Lipinski definition) is 2. The number of rotatable bonds is 12. The van der Waals surface area contributed by atoms with Crippen LogP contribution in [0, 0.1) is 0 Å². The molecule has 0 bridgehead atoms. The maximum Gasteiger partial charge on any atom is 0.217 e. The van der Waals surface area contributed by atoms with Crippen molar-refractivity contribution in [3.63, 3.8) is 0 Å². The second-order valence-corrected chi connectivity index (χ2v) is 9.52. The van der Waals surface area contributed by atoms with Crippen molar-refractivity contribution in [1.29, 1.82) is 0 Å². The predicted molar refractivity (Wildman–Crippen MR) is 86.1 cm³/mol. The first-order valence-electron chi connectivity index (χ1n) is 8.00. The molecule has 0 rings (SSSR count). The molecular weight excluding hydrogens is 252 g/mol. The molecule has 0 aliphatic heterocycles. The van der Waals surface area contributed by atoms with Crippen LogP contribution in [0.1, 0.15) is 72.6 Å². The summed E-state index contributed by atoms with van der Waals surface area (Å²) in [5, 5.41) is 0.334. The van der Waals surface area contributed by atoms with Crippen molar-refractivity contribution in [1.82, 2.24) is 0 Å². The van der Waals surface area contributed by atoms with Gasteiger partial charge in [-0.05, 0) is 11.1 Å². The molecule has 0 aromatic carbocycles. The van der Waals surface area contributed by atoms with Crippen LogP contribution in [0.2, 0.25) is 11.1 Å². The summed E-state index contributed by atoms with van der Waals surface area (Å²) in [5.41, 5.74) is 0. The van der Waals surface area contributed by atoms with Crippen molar-refractivity contribution < 1.29 is 9.16 Å².